The molecule has 0 radical (unpaired) electrons. The Kier molecular flexibility index (Phi) is 3.82. The van der Waals surface area contributed by atoms with Crippen LogP contribution in [0.5, 0.6) is 0 Å². The number of hydrogen-bond acceptors (Lipinski definition) is 4. The van der Waals surface area contributed by atoms with Crippen molar-refractivity contribution in [3.05, 3.63) is 28.3 Å². The fraction of sp³-hybridized carbons (Fsp3) is 0.467. The van der Waals surface area contributed by atoms with E-state index in [9.17, 15) is 4.79 Å². The number of thiazole rings is 1. The van der Waals surface area contributed by atoms with Crippen LogP contribution in [0, 0.1) is 6.92 Å². The first-order chi connectivity index (χ1) is 10.0. The minimum absolute atomic E-state index is 0.0233. The largest absolute Gasteiger partial charge is 0.372 e. The van der Waals surface area contributed by atoms with Gasteiger partial charge in [0.25, 0.3) is 5.91 Å². The zero-order valence-corrected chi connectivity index (χ0v) is 13.2. The zero-order valence-electron chi connectivity index (χ0n) is 12.4. The number of morpholine rings is 1. The molecule has 0 saturated carbocycles. The highest BCUT2D eigenvalue weighted by Crippen LogP contribution is 2.23. The topological polar surface area (TPSA) is 58.2 Å². The maximum atomic E-state index is 12.6. The van der Waals surface area contributed by atoms with Crippen LogP contribution in [0.15, 0.2) is 17.6 Å². The Morgan fingerprint density at radius 1 is 1.43 bits per heavy atom. The lowest BCUT2D eigenvalue weighted by Gasteiger charge is -2.35. The van der Waals surface area contributed by atoms with Gasteiger partial charge in [0.1, 0.15) is 5.69 Å². The molecule has 3 rings (SSSR count). The molecule has 1 saturated heterocycles. The smallest absolute Gasteiger partial charge is 0.270 e. The van der Waals surface area contributed by atoms with Crippen LogP contribution in [-0.2, 0) is 4.74 Å². The maximum Gasteiger partial charge on any atom is 0.270 e. The quantitative estimate of drug-likeness (QED) is 0.928. The summed E-state index contributed by atoms with van der Waals surface area (Å²) in [7, 11) is 0. The van der Waals surface area contributed by atoms with Crippen LogP contribution in [0.25, 0.3) is 11.3 Å². The van der Waals surface area contributed by atoms with Gasteiger partial charge in [-0.1, -0.05) is 0 Å². The molecule has 112 valence electrons. The molecule has 2 aromatic heterocycles. The average Bonchev–Trinajstić information content (AvgIpc) is 3.05. The summed E-state index contributed by atoms with van der Waals surface area (Å²) < 4.78 is 5.67. The van der Waals surface area contributed by atoms with E-state index >= 15 is 0 Å². The van der Waals surface area contributed by atoms with E-state index in [-0.39, 0.29) is 18.1 Å². The molecule has 1 fully saturated rings. The number of aryl methyl sites for hydroxylation is 1. The maximum absolute atomic E-state index is 12.6. The van der Waals surface area contributed by atoms with Gasteiger partial charge >= 0.3 is 0 Å². The molecule has 1 aliphatic heterocycles. The second-order valence-corrected chi connectivity index (χ2v) is 6.58. The third-order valence-corrected chi connectivity index (χ3v) is 4.31. The van der Waals surface area contributed by atoms with Gasteiger partial charge in [-0.3, -0.25) is 4.79 Å². The Morgan fingerprint density at radius 2 is 2.14 bits per heavy atom. The fourth-order valence-corrected chi connectivity index (χ4v) is 3.30. The highest BCUT2D eigenvalue weighted by Gasteiger charge is 2.27. The van der Waals surface area contributed by atoms with Gasteiger partial charge in [0, 0.05) is 30.2 Å². The van der Waals surface area contributed by atoms with Gasteiger partial charge in [-0.15, -0.1) is 11.3 Å². The van der Waals surface area contributed by atoms with Gasteiger partial charge in [-0.2, -0.15) is 0 Å². The molecular weight excluding hydrogens is 286 g/mol. The summed E-state index contributed by atoms with van der Waals surface area (Å²) in [5.74, 6) is 0.0233. The first-order valence-corrected chi connectivity index (χ1v) is 7.96. The van der Waals surface area contributed by atoms with Crippen molar-refractivity contribution < 1.29 is 9.53 Å². The number of hydrogen-bond donors (Lipinski definition) is 1. The molecule has 5 nitrogen and oxygen atoms in total. The Balaban J connectivity index is 1.78. The molecule has 1 N–H and O–H groups in total. The van der Waals surface area contributed by atoms with Crippen molar-refractivity contribution in [2.24, 2.45) is 0 Å². The summed E-state index contributed by atoms with van der Waals surface area (Å²) in [6.07, 6.45) is 2.00. The Labute approximate surface area is 128 Å². The van der Waals surface area contributed by atoms with Crippen LogP contribution in [0.1, 0.15) is 29.3 Å². The van der Waals surface area contributed by atoms with E-state index in [1.54, 1.807) is 11.3 Å². The first kappa shape index (κ1) is 14.3. The lowest BCUT2D eigenvalue weighted by atomic mass is 10.2. The van der Waals surface area contributed by atoms with Crippen molar-refractivity contribution in [2.45, 2.75) is 33.0 Å². The Hall–Kier alpha value is -1.66. The summed E-state index contributed by atoms with van der Waals surface area (Å²) >= 11 is 1.61. The van der Waals surface area contributed by atoms with Crippen molar-refractivity contribution in [3.63, 3.8) is 0 Å². The van der Waals surface area contributed by atoms with E-state index in [2.05, 4.69) is 9.97 Å². The summed E-state index contributed by atoms with van der Waals surface area (Å²) in [5.41, 5.74) is 2.48. The molecule has 1 aliphatic rings. The molecule has 0 aromatic carbocycles. The summed E-state index contributed by atoms with van der Waals surface area (Å²) in [5, 5.41) is 3.03. The van der Waals surface area contributed by atoms with Crippen LogP contribution >= 0.6 is 11.3 Å². The van der Waals surface area contributed by atoms with E-state index < -0.39 is 0 Å². The first-order valence-electron chi connectivity index (χ1n) is 7.08. The van der Waals surface area contributed by atoms with Crippen LogP contribution in [0.2, 0.25) is 0 Å². The van der Waals surface area contributed by atoms with Gasteiger partial charge < -0.3 is 14.6 Å². The highest BCUT2D eigenvalue weighted by molar-refractivity contribution is 7.09. The SMILES string of the molecule is Cc1nc(-c2c[nH]c(C(=O)N3CC(C)OC(C)C3)c2)cs1. The minimum atomic E-state index is 0.0233. The predicted molar refractivity (Wildman–Crippen MR) is 82.6 cm³/mol. The number of amides is 1. The van der Waals surface area contributed by atoms with Crippen LogP contribution in [-0.4, -0.2) is 46.1 Å². The van der Waals surface area contributed by atoms with E-state index in [1.165, 1.54) is 0 Å². The Bertz CT molecular complexity index is 639. The van der Waals surface area contributed by atoms with Crippen LogP contribution < -0.4 is 0 Å². The van der Waals surface area contributed by atoms with Crippen molar-refractivity contribution in [1.29, 1.82) is 0 Å². The van der Waals surface area contributed by atoms with Gasteiger partial charge in [0.05, 0.1) is 22.9 Å². The minimum Gasteiger partial charge on any atom is -0.372 e. The van der Waals surface area contributed by atoms with Crippen molar-refractivity contribution >= 4 is 17.2 Å². The zero-order chi connectivity index (χ0) is 15.0. The van der Waals surface area contributed by atoms with Crippen molar-refractivity contribution in [2.75, 3.05) is 13.1 Å². The number of aromatic amines is 1. The summed E-state index contributed by atoms with van der Waals surface area (Å²) in [6, 6.07) is 1.88. The number of nitrogens with zero attached hydrogens (tertiary/aromatic N) is 2. The molecule has 0 aliphatic carbocycles. The lowest BCUT2D eigenvalue weighted by molar-refractivity contribution is -0.0587. The normalized spacial score (nSPS) is 22.5. The van der Waals surface area contributed by atoms with E-state index in [0.29, 0.717) is 18.8 Å². The standard InChI is InChI=1S/C15H19N3O2S/c1-9-6-18(7-10(2)20-9)15(19)13-4-12(5-16-13)14-8-21-11(3)17-14/h4-5,8-10,16H,6-7H2,1-3H3. The van der Waals surface area contributed by atoms with Gasteiger partial charge in [0.15, 0.2) is 0 Å². The number of carbonyl (C=O) groups excluding carboxylic acids is 1. The van der Waals surface area contributed by atoms with Crippen molar-refractivity contribution in [3.8, 4) is 11.3 Å². The molecule has 1 amide bonds. The predicted octanol–water partition coefficient (Wildman–Crippen LogP) is 2.70. The molecule has 21 heavy (non-hydrogen) atoms. The summed E-state index contributed by atoms with van der Waals surface area (Å²) in [6.45, 7) is 7.23. The number of ether oxygens (including phenoxy) is 1. The monoisotopic (exact) mass is 305 g/mol. The number of aromatic nitrogens is 2. The molecule has 3 heterocycles. The summed E-state index contributed by atoms with van der Waals surface area (Å²) in [4.78, 5) is 21.9. The lowest BCUT2D eigenvalue weighted by Crippen LogP contribution is -2.48. The van der Waals surface area contributed by atoms with Crippen LogP contribution in [0.4, 0.5) is 0 Å². The second-order valence-electron chi connectivity index (χ2n) is 5.52. The molecule has 0 spiro atoms. The van der Waals surface area contributed by atoms with E-state index in [1.807, 2.05) is 43.3 Å². The highest BCUT2D eigenvalue weighted by atomic mass is 32.1. The third kappa shape index (κ3) is 3.01. The molecule has 2 unspecified atom stereocenters. The molecule has 6 heteroatoms. The number of rotatable bonds is 2. The number of nitrogens with one attached hydrogen (secondary N) is 1. The third-order valence-electron chi connectivity index (χ3n) is 3.54. The second kappa shape index (κ2) is 5.61. The van der Waals surface area contributed by atoms with Crippen LogP contribution in [0.3, 0.4) is 0 Å². The molecule has 2 atom stereocenters. The average molecular weight is 305 g/mol. The Morgan fingerprint density at radius 3 is 2.76 bits per heavy atom. The van der Waals surface area contributed by atoms with Crippen molar-refractivity contribution in [1.82, 2.24) is 14.9 Å². The van der Waals surface area contributed by atoms with Gasteiger partial charge in [0.2, 0.25) is 0 Å². The molecular formula is C15H19N3O2S. The molecule has 2 aromatic rings. The molecule has 0 bridgehead atoms. The van der Waals surface area contributed by atoms with E-state index in [4.69, 9.17) is 4.74 Å². The fourth-order valence-electron chi connectivity index (χ4n) is 2.68. The number of carbonyl (C=O) groups is 1. The van der Waals surface area contributed by atoms with Gasteiger partial charge in [-0.25, -0.2) is 4.98 Å². The van der Waals surface area contributed by atoms with E-state index in [0.717, 1.165) is 16.3 Å². The van der Waals surface area contributed by atoms with Gasteiger partial charge in [-0.05, 0) is 26.8 Å². The number of H-pyrrole nitrogens is 1.